The van der Waals surface area contributed by atoms with Gasteiger partial charge in [-0.25, -0.2) is 0 Å². The van der Waals surface area contributed by atoms with E-state index in [-0.39, 0.29) is 0 Å². The largest absolute Gasteiger partial charge is 0.257 e. The number of aromatic nitrogens is 1. The molecule has 1 rings (SSSR count). The van der Waals surface area contributed by atoms with Crippen LogP contribution in [0.1, 0.15) is 11.4 Å². The second-order valence-corrected chi connectivity index (χ2v) is 3.23. The summed E-state index contributed by atoms with van der Waals surface area (Å²) < 4.78 is 1.04. The molecule has 3 heteroatoms. The lowest BCUT2D eigenvalue weighted by atomic mass is 10.3. The average Bonchev–Trinajstić information content (AvgIpc) is 1.85. The maximum atomic E-state index is 5.59. The first-order valence-corrected chi connectivity index (χ1v) is 4.24. The predicted molar refractivity (Wildman–Crippen MR) is 46.2 cm³/mol. The van der Waals surface area contributed by atoms with Gasteiger partial charge >= 0.3 is 0 Å². The van der Waals surface area contributed by atoms with Gasteiger partial charge in [-0.15, -0.1) is 11.6 Å². The van der Waals surface area contributed by atoms with E-state index in [0.717, 1.165) is 15.9 Å². The number of hydrogen-bond donors (Lipinski definition) is 0. The monoisotopic (exact) mass is 219 g/mol. The third-order valence-corrected chi connectivity index (χ3v) is 1.84. The van der Waals surface area contributed by atoms with E-state index in [4.69, 9.17) is 11.6 Å². The lowest BCUT2D eigenvalue weighted by Crippen LogP contribution is -1.87. The number of aryl methyl sites for hydroxylation is 1. The normalized spacial score (nSPS) is 9.90. The molecule has 0 fully saturated rings. The highest BCUT2D eigenvalue weighted by Crippen LogP contribution is 2.13. The molecule has 0 unspecified atom stereocenters. The minimum absolute atomic E-state index is 0.473. The zero-order valence-electron chi connectivity index (χ0n) is 5.56. The van der Waals surface area contributed by atoms with Crippen LogP contribution in [0.5, 0.6) is 0 Å². The molecule has 0 saturated heterocycles. The summed E-state index contributed by atoms with van der Waals surface area (Å²) in [7, 11) is 0. The minimum atomic E-state index is 0.473. The van der Waals surface area contributed by atoms with E-state index < -0.39 is 0 Å². The molecule has 0 amide bonds. The van der Waals surface area contributed by atoms with E-state index in [9.17, 15) is 0 Å². The maximum Gasteiger partial charge on any atom is 0.0647 e. The van der Waals surface area contributed by atoms with Crippen molar-refractivity contribution < 1.29 is 0 Å². The second kappa shape index (κ2) is 3.35. The first-order valence-electron chi connectivity index (χ1n) is 2.91. The molecule has 54 valence electrons. The van der Waals surface area contributed by atoms with Gasteiger partial charge in [0, 0.05) is 10.2 Å². The summed E-state index contributed by atoms with van der Waals surface area (Å²) in [5.41, 5.74) is 1.90. The molecule has 0 aromatic carbocycles. The van der Waals surface area contributed by atoms with E-state index in [1.165, 1.54) is 0 Å². The Balaban J connectivity index is 3.06. The summed E-state index contributed by atoms with van der Waals surface area (Å²) in [6, 6.07) is 3.87. The van der Waals surface area contributed by atoms with Gasteiger partial charge in [0.05, 0.1) is 11.6 Å². The smallest absolute Gasteiger partial charge is 0.0647 e. The summed E-state index contributed by atoms with van der Waals surface area (Å²) in [5, 5.41) is 0. The minimum Gasteiger partial charge on any atom is -0.257 e. The van der Waals surface area contributed by atoms with Crippen molar-refractivity contribution in [2.24, 2.45) is 0 Å². The van der Waals surface area contributed by atoms with Crippen LogP contribution in [-0.4, -0.2) is 4.98 Å². The molecule has 0 aliphatic carbocycles. The third-order valence-electron chi connectivity index (χ3n) is 1.11. The van der Waals surface area contributed by atoms with Gasteiger partial charge in [0.25, 0.3) is 0 Å². The standard InChI is InChI=1S/C7H7BrClN/c1-5-2-6(8)3-7(4-9)10-5/h2-3H,4H2,1H3. The van der Waals surface area contributed by atoms with Crippen LogP contribution < -0.4 is 0 Å². The van der Waals surface area contributed by atoms with Gasteiger partial charge in [-0.3, -0.25) is 4.98 Å². The van der Waals surface area contributed by atoms with Crippen molar-refractivity contribution in [2.75, 3.05) is 0 Å². The number of alkyl halides is 1. The molecule has 0 radical (unpaired) electrons. The van der Waals surface area contributed by atoms with Gasteiger partial charge in [-0.05, 0) is 19.1 Å². The molecule has 1 aromatic heterocycles. The van der Waals surface area contributed by atoms with Crippen molar-refractivity contribution in [2.45, 2.75) is 12.8 Å². The van der Waals surface area contributed by atoms with Crippen molar-refractivity contribution in [1.29, 1.82) is 0 Å². The fourth-order valence-electron chi connectivity index (χ4n) is 0.760. The maximum absolute atomic E-state index is 5.59. The number of pyridine rings is 1. The molecule has 1 nitrogen and oxygen atoms in total. The van der Waals surface area contributed by atoms with Gasteiger partial charge in [0.2, 0.25) is 0 Å². The van der Waals surface area contributed by atoms with Crippen molar-refractivity contribution in [3.63, 3.8) is 0 Å². The fraction of sp³-hybridized carbons (Fsp3) is 0.286. The summed E-state index contributed by atoms with van der Waals surface area (Å²) in [4.78, 5) is 4.19. The number of halogens is 2. The molecule has 0 aliphatic rings. The van der Waals surface area contributed by atoms with E-state index in [2.05, 4.69) is 20.9 Å². The topological polar surface area (TPSA) is 12.9 Å². The molecule has 1 heterocycles. The number of rotatable bonds is 1. The Hall–Kier alpha value is -0.0800. The van der Waals surface area contributed by atoms with Crippen LogP contribution in [0.25, 0.3) is 0 Å². The number of hydrogen-bond acceptors (Lipinski definition) is 1. The highest BCUT2D eigenvalue weighted by Gasteiger charge is 1.94. The Bertz CT molecular complexity index is 217. The first kappa shape index (κ1) is 8.02. The lowest BCUT2D eigenvalue weighted by Gasteiger charge is -1.97. The second-order valence-electron chi connectivity index (χ2n) is 2.05. The Kier molecular flexibility index (Phi) is 2.69. The molecule has 0 N–H and O–H groups in total. The molecule has 0 atom stereocenters. The van der Waals surface area contributed by atoms with Gasteiger partial charge < -0.3 is 0 Å². The quantitative estimate of drug-likeness (QED) is 0.663. The van der Waals surface area contributed by atoms with Gasteiger partial charge in [0.1, 0.15) is 0 Å². The molecule has 10 heavy (non-hydrogen) atoms. The van der Waals surface area contributed by atoms with E-state index in [1.807, 2.05) is 19.1 Å². The van der Waals surface area contributed by atoms with Crippen LogP contribution in [0.4, 0.5) is 0 Å². The molecule has 1 aromatic rings. The molecule has 0 aliphatic heterocycles. The third kappa shape index (κ3) is 1.96. The van der Waals surface area contributed by atoms with Crippen LogP contribution in [0.15, 0.2) is 16.6 Å². The van der Waals surface area contributed by atoms with Crippen molar-refractivity contribution in [1.82, 2.24) is 4.98 Å². The van der Waals surface area contributed by atoms with Gasteiger partial charge in [-0.1, -0.05) is 15.9 Å². The summed E-state index contributed by atoms with van der Waals surface area (Å²) in [6.07, 6.45) is 0. The molecule has 0 spiro atoms. The predicted octanol–water partition coefficient (Wildman–Crippen LogP) is 2.89. The van der Waals surface area contributed by atoms with Crippen LogP contribution in [-0.2, 0) is 5.88 Å². The Morgan fingerprint density at radius 2 is 2.30 bits per heavy atom. The van der Waals surface area contributed by atoms with E-state index in [1.54, 1.807) is 0 Å². The van der Waals surface area contributed by atoms with E-state index in [0.29, 0.717) is 5.88 Å². The molecule has 0 saturated carbocycles. The summed E-state index contributed by atoms with van der Waals surface area (Å²) >= 11 is 8.94. The van der Waals surface area contributed by atoms with Gasteiger partial charge in [-0.2, -0.15) is 0 Å². The Morgan fingerprint density at radius 1 is 1.60 bits per heavy atom. The van der Waals surface area contributed by atoms with Crippen LogP contribution in [0.2, 0.25) is 0 Å². The van der Waals surface area contributed by atoms with Crippen molar-refractivity contribution in [3.05, 3.63) is 28.0 Å². The fourth-order valence-corrected chi connectivity index (χ4v) is 1.49. The first-order chi connectivity index (χ1) is 4.72. The lowest BCUT2D eigenvalue weighted by molar-refractivity contribution is 1.09. The Labute approximate surface area is 73.6 Å². The Morgan fingerprint density at radius 3 is 2.80 bits per heavy atom. The molecular formula is C7H7BrClN. The zero-order chi connectivity index (χ0) is 7.56. The van der Waals surface area contributed by atoms with Crippen LogP contribution in [0.3, 0.4) is 0 Å². The summed E-state index contributed by atoms with van der Waals surface area (Å²) in [6.45, 7) is 1.95. The highest BCUT2D eigenvalue weighted by atomic mass is 79.9. The van der Waals surface area contributed by atoms with E-state index >= 15 is 0 Å². The number of nitrogens with zero attached hydrogens (tertiary/aromatic N) is 1. The van der Waals surface area contributed by atoms with Crippen LogP contribution in [0, 0.1) is 6.92 Å². The van der Waals surface area contributed by atoms with Crippen LogP contribution >= 0.6 is 27.5 Å². The van der Waals surface area contributed by atoms with Crippen molar-refractivity contribution >= 4 is 27.5 Å². The summed E-state index contributed by atoms with van der Waals surface area (Å²) in [5.74, 6) is 0.473. The molecular weight excluding hydrogens is 213 g/mol. The average molecular weight is 220 g/mol. The van der Waals surface area contributed by atoms with Gasteiger partial charge in [0.15, 0.2) is 0 Å². The van der Waals surface area contributed by atoms with Crippen molar-refractivity contribution in [3.8, 4) is 0 Å². The SMILES string of the molecule is Cc1cc(Br)cc(CCl)n1. The molecule has 0 bridgehead atoms. The highest BCUT2D eigenvalue weighted by molar-refractivity contribution is 9.10. The zero-order valence-corrected chi connectivity index (χ0v) is 7.91.